The predicted molar refractivity (Wildman–Crippen MR) is 116 cm³/mol. The SMILES string of the molecule is C=CCc1cc(/C=c2\sc3nc4ccccc4n3c2=O)cc(OC)c1OCC(=O)O. The van der Waals surface area contributed by atoms with Crippen molar-refractivity contribution in [2.24, 2.45) is 0 Å². The highest BCUT2D eigenvalue weighted by Crippen LogP contribution is 2.34. The lowest BCUT2D eigenvalue weighted by molar-refractivity contribution is -0.139. The van der Waals surface area contributed by atoms with E-state index in [0.717, 1.165) is 22.2 Å². The molecule has 0 radical (unpaired) electrons. The summed E-state index contributed by atoms with van der Waals surface area (Å²) in [7, 11) is 1.48. The normalized spacial score (nSPS) is 11.8. The Morgan fingerprint density at radius 1 is 1.33 bits per heavy atom. The summed E-state index contributed by atoms with van der Waals surface area (Å²) < 4.78 is 13.0. The number of benzene rings is 2. The number of ether oxygens (including phenoxy) is 2. The summed E-state index contributed by atoms with van der Waals surface area (Å²) in [6.45, 7) is 3.26. The summed E-state index contributed by atoms with van der Waals surface area (Å²) in [6, 6.07) is 11.1. The summed E-state index contributed by atoms with van der Waals surface area (Å²) in [5.41, 5.74) is 2.87. The number of fused-ring (bicyclic) bond motifs is 3. The predicted octanol–water partition coefficient (Wildman–Crippen LogP) is 2.66. The van der Waals surface area contributed by atoms with Crippen LogP contribution in [0.4, 0.5) is 0 Å². The minimum absolute atomic E-state index is 0.140. The second-order valence-electron chi connectivity index (χ2n) is 6.52. The van der Waals surface area contributed by atoms with Crippen molar-refractivity contribution in [3.63, 3.8) is 0 Å². The van der Waals surface area contributed by atoms with Crippen molar-refractivity contribution < 1.29 is 19.4 Å². The lowest BCUT2D eigenvalue weighted by Gasteiger charge is -2.14. The molecule has 7 nitrogen and oxygen atoms in total. The Morgan fingerprint density at radius 3 is 2.87 bits per heavy atom. The standard InChI is InChI=1S/C22H18N2O5S/c1-3-6-14-9-13(10-17(28-2)20(14)29-12-19(25)26)11-18-21(27)24-16-8-5-4-7-15(16)23-22(24)30-18/h3-5,7-11H,1,6,12H2,2H3,(H,25,26)/b18-11-. The van der Waals surface area contributed by atoms with Crippen molar-refractivity contribution in [1.82, 2.24) is 9.38 Å². The third-order valence-electron chi connectivity index (χ3n) is 4.52. The van der Waals surface area contributed by atoms with E-state index in [4.69, 9.17) is 14.6 Å². The molecule has 30 heavy (non-hydrogen) atoms. The van der Waals surface area contributed by atoms with Gasteiger partial charge in [0.25, 0.3) is 5.56 Å². The summed E-state index contributed by atoms with van der Waals surface area (Å²) in [5, 5.41) is 8.93. The van der Waals surface area contributed by atoms with Gasteiger partial charge in [-0.1, -0.05) is 29.5 Å². The second-order valence-corrected chi connectivity index (χ2v) is 7.53. The molecule has 4 rings (SSSR count). The number of imidazole rings is 1. The van der Waals surface area contributed by atoms with Gasteiger partial charge in [-0.25, -0.2) is 14.2 Å². The Morgan fingerprint density at radius 2 is 2.13 bits per heavy atom. The average Bonchev–Trinajstić information content (AvgIpc) is 3.23. The van der Waals surface area contributed by atoms with Crippen molar-refractivity contribution in [2.75, 3.05) is 13.7 Å². The molecule has 0 saturated heterocycles. The molecule has 0 atom stereocenters. The fraction of sp³-hybridized carbons (Fsp3) is 0.136. The number of aliphatic carboxylic acids is 1. The quantitative estimate of drug-likeness (QED) is 0.461. The van der Waals surface area contributed by atoms with Crippen LogP contribution in [0.15, 0.2) is 53.8 Å². The smallest absolute Gasteiger partial charge is 0.341 e. The van der Waals surface area contributed by atoms with Crippen LogP contribution >= 0.6 is 11.3 Å². The molecule has 152 valence electrons. The van der Waals surface area contributed by atoms with Gasteiger partial charge in [0.2, 0.25) is 0 Å². The number of allylic oxidation sites excluding steroid dienone is 1. The highest BCUT2D eigenvalue weighted by molar-refractivity contribution is 7.15. The first-order valence-electron chi connectivity index (χ1n) is 9.10. The van der Waals surface area contributed by atoms with E-state index >= 15 is 0 Å². The molecule has 2 heterocycles. The van der Waals surface area contributed by atoms with Gasteiger partial charge in [-0.3, -0.25) is 4.79 Å². The summed E-state index contributed by atoms with van der Waals surface area (Å²) in [4.78, 5) is 29.0. The zero-order valence-corrected chi connectivity index (χ0v) is 16.9. The molecule has 0 spiro atoms. The molecular formula is C22H18N2O5S. The van der Waals surface area contributed by atoms with Crippen molar-refractivity contribution in [2.45, 2.75) is 6.42 Å². The van der Waals surface area contributed by atoms with Gasteiger partial charge in [-0.2, -0.15) is 0 Å². The lowest BCUT2D eigenvalue weighted by Crippen LogP contribution is -2.22. The van der Waals surface area contributed by atoms with E-state index in [9.17, 15) is 9.59 Å². The molecule has 0 saturated carbocycles. The zero-order valence-electron chi connectivity index (χ0n) is 16.1. The van der Waals surface area contributed by atoms with Gasteiger partial charge in [0, 0.05) is 5.56 Å². The Bertz CT molecular complexity index is 1390. The van der Waals surface area contributed by atoms with Crippen LogP contribution in [0.2, 0.25) is 0 Å². The minimum Gasteiger partial charge on any atom is -0.493 e. The maximum Gasteiger partial charge on any atom is 0.341 e. The van der Waals surface area contributed by atoms with Crippen LogP contribution in [0.3, 0.4) is 0 Å². The Balaban J connectivity index is 1.86. The molecule has 0 aliphatic carbocycles. The number of thiazole rings is 1. The lowest BCUT2D eigenvalue weighted by atomic mass is 10.1. The number of hydrogen-bond donors (Lipinski definition) is 1. The average molecular weight is 422 g/mol. The highest BCUT2D eigenvalue weighted by Gasteiger charge is 2.15. The third-order valence-corrected chi connectivity index (χ3v) is 5.49. The molecule has 8 heteroatoms. The molecule has 2 aromatic carbocycles. The Kier molecular flexibility index (Phi) is 5.24. The molecule has 0 aliphatic heterocycles. The highest BCUT2D eigenvalue weighted by atomic mass is 32.1. The first-order chi connectivity index (χ1) is 14.5. The molecule has 0 aliphatic rings. The summed E-state index contributed by atoms with van der Waals surface area (Å²) >= 11 is 1.31. The van der Waals surface area contributed by atoms with E-state index in [0.29, 0.717) is 27.4 Å². The molecule has 1 N–H and O–H groups in total. The van der Waals surface area contributed by atoms with E-state index in [-0.39, 0.29) is 5.56 Å². The fourth-order valence-corrected chi connectivity index (χ4v) is 4.27. The first-order valence-corrected chi connectivity index (χ1v) is 9.91. The maximum absolute atomic E-state index is 13.0. The van der Waals surface area contributed by atoms with Crippen LogP contribution in [-0.2, 0) is 11.2 Å². The molecule has 4 aromatic rings. The fourth-order valence-electron chi connectivity index (χ4n) is 3.29. The largest absolute Gasteiger partial charge is 0.493 e. The number of para-hydroxylation sites is 2. The monoisotopic (exact) mass is 422 g/mol. The van der Waals surface area contributed by atoms with E-state index in [1.54, 1.807) is 22.6 Å². The van der Waals surface area contributed by atoms with Crippen molar-refractivity contribution >= 4 is 39.4 Å². The van der Waals surface area contributed by atoms with Crippen molar-refractivity contribution in [3.8, 4) is 11.5 Å². The number of carboxylic acids is 1. The zero-order chi connectivity index (χ0) is 21.3. The van der Waals surface area contributed by atoms with Crippen LogP contribution in [-0.4, -0.2) is 34.2 Å². The second kappa shape index (κ2) is 8.00. The van der Waals surface area contributed by atoms with E-state index in [1.807, 2.05) is 30.3 Å². The van der Waals surface area contributed by atoms with Gasteiger partial charge in [-0.15, -0.1) is 6.58 Å². The van der Waals surface area contributed by atoms with E-state index in [2.05, 4.69) is 11.6 Å². The molecule has 0 bridgehead atoms. The Hall–Kier alpha value is -3.65. The number of hydrogen-bond acceptors (Lipinski definition) is 6. The number of aromatic nitrogens is 2. The van der Waals surface area contributed by atoms with Crippen molar-refractivity contribution in [3.05, 3.63) is 75.1 Å². The third kappa shape index (κ3) is 3.53. The Labute approximate surface area is 175 Å². The molecular weight excluding hydrogens is 404 g/mol. The molecule has 0 fully saturated rings. The summed E-state index contributed by atoms with van der Waals surface area (Å²) in [6.07, 6.45) is 3.92. The number of nitrogens with zero attached hydrogens (tertiary/aromatic N) is 2. The first kappa shape index (κ1) is 19.7. The van der Waals surface area contributed by atoms with Crippen LogP contribution in [0.1, 0.15) is 11.1 Å². The van der Waals surface area contributed by atoms with E-state index < -0.39 is 12.6 Å². The van der Waals surface area contributed by atoms with Gasteiger partial charge in [0.1, 0.15) is 0 Å². The molecule has 0 amide bonds. The van der Waals surface area contributed by atoms with Gasteiger partial charge >= 0.3 is 5.97 Å². The maximum atomic E-state index is 13.0. The minimum atomic E-state index is -1.08. The molecule has 0 unspecified atom stereocenters. The van der Waals surface area contributed by atoms with Crippen molar-refractivity contribution in [1.29, 1.82) is 0 Å². The van der Waals surface area contributed by atoms with Crippen LogP contribution in [0, 0.1) is 0 Å². The van der Waals surface area contributed by atoms with Gasteiger partial charge < -0.3 is 14.6 Å². The number of rotatable bonds is 7. The van der Waals surface area contributed by atoms with Crippen LogP contribution in [0.25, 0.3) is 22.1 Å². The van der Waals surface area contributed by atoms with Crippen LogP contribution < -0.4 is 19.6 Å². The van der Waals surface area contributed by atoms with Crippen LogP contribution in [0.5, 0.6) is 11.5 Å². The topological polar surface area (TPSA) is 90.1 Å². The number of methoxy groups -OCH3 is 1. The van der Waals surface area contributed by atoms with E-state index in [1.165, 1.54) is 18.4 Å². The van der Waals surface area contributed by atoms with Gasteiger partial charge in [-0.05, 0) is 42.3 Å². The van der Waals surface area contributed by atoms with Gasteiger partial charge in [0.05, 0.1) is 22.7 Å². The molecule has 2 aromatic heterocycles. The van der Waals surface area contributed by atoms with Gasteiger partial charge in [0.15, 0.2) is 23.1 Å². The number of carbonyl (C=O) groups is 1. The summed E-state index contributed by atoms with van der Waals surface area (Å²) in [5.74, 6) is -0.338. The number of carboxylic acid groups (broad SMARTS) is 1.